The molecule has 0 aromatic rings. The topological polar surface area (TPSA) is 12.0 Å². The van der Waals surface area contributed by atoms with Gasteiger partial charge >= 0.3 is 0 Å². The van der Waals surface area contributed by atoms with Crippen LogP contribution in [0.3, 0.4) is 0 Å². The molecule has 66 valence electrons. The molecule has 2 rings (SSSR count). The van der Waals surface area contributed by atoms with Crippen LogP contribution in [0.25, 0.3) is 0 Å². The fourth-order valence-corrected chi connectivity index (χ4v) is 1.61. The smallest absolute Gasteiger partial charge is 0.0498 e. The van der Waals surface area contributed by atoms with Crippen molar-refractivity contribution in [2.45, 2.75) is 19.8 Å². The van der Waals surface area contributed by atoms with Crippen LogP contribution in [0.15, 0.2) is 35.1 Å². The van der Waals surface area contributed by atoms with Crippen molar-refractivity contribution >= 4 is 0 Å². The second-order valence-corrected chi connectivity index (χ2v) is 3.34. The molecule has 0 saturated carbocycles. The van der Waals surface area contributed by atoms with Crippen LogP contribution in [0, 0.1) is 11.8 Å². The molecule has 0 radical (unpaired) electrons. The van der Waals surface area contributed by atoms with E-state index in [1.165, 1.54) is 16.8 Å². The number of allylic oxidation sites excluding steroid dienone is 5. The van der Waals surface area contributed by atoms with Gasteiger partial charge in [-0.3, -0.25) is 0 Å². The Morgan fingerprint density at radius 3 is 3.31 bits per heavy atom. The first-order chi connectivity index (χ1) is 6.38. The van der Waals surface area contributed by atoms with Crippen LogP contribution in [-0.2, 0) is 0 Å². The first-order valence-corrected chi connectivity index (χ1v) is 4.67. The lowest BCUT2D eigenvalue weighted by atomic mass is 10.0. The molecular formula is C12H13N. The quantitative estimate of drug-likeness (QED) is 0.551. The van der Waals surface area contributed by atoms with Gasteiger partial charge in [0.05, 0.1) is 0 Å². The Morgan fingerprint density at radius 2 is 2.38 bits per heavy atom. The molecule has 0 spiro atoms. The Morgan fingerprint density at radius 1 is 1.46 bits per heavy atom. The molecule has 13 heavy (non-hydrogen) atoms. The fraction of sp³-hybridized carbons (Fsp3) is 0.333. The minimum atomic E-state index is 0.855. The van der Waals surface area contributed by atoms with Crippen LogP contribution in [0.4, 0.5) is 0 Å². The van der Waals surface area contributed by atoms with Crippen molar-refractivity contribution in [2.75, 3.05) is 6.54 Å². The Hall–Kier alpha value is -1.42. The Bertz CT molecular complexity index is 358. The maximum absolute atomic E-state index is 3.43. The normalized spacial score (nSPS) is 20.2. The Labute approximate surface area is 79.2 Å². The Kier molecular flexibility index (Phi) is 2.23. The molecule has 2 aliphatic rings. The SMILES string of the molecule is CC1=CC#CCC2=C1C=CCCN2. The molecule has 0 amide bonds. The average Bonchev–Trinajstić information content (AvgIpc) is 2.43. The first kappa shape index (κ1) is 8.19. The number of hydrogen-bond donors (Lipinski definition) is 1. The lowest BCUT2D eigenvalue weighted by molar-refractivity contribution is 0.791. The number of hydrogen-bond acceptors (Lipinski definition) is 1. The van der Waals surface area contributed by atoms with Gasteiger partial charge in [0, 0.05) is 18.7 Å². The minimum absolute atomic E-state index is 0.855. The molecule has 0 bridgehead atoms. The van der Waals surface area contributed by atoms with E-state index in [1.807, 2.05) is 6.08 Å². The van der Waals surface area contributed by atoms with Gasteiger partial charge in [-0.25, -0.2) is 0 Å². The molecular weight excluding hydrogens is 158 g/mol. The van der Waals surface area contributed by atoms with E-state index in [1.54, 1.807) is 0 Å². The average molecular weight is 171 g/mol. The van der Waals surface area contributed by atoms with E-state index in [0.29, 0.717) is 0 Å². The zero-order valence-electron chi connectivity index (χ0n) is 7.85. The van der Waals surface area contributed by atoms with Gasteiger partial charge in [-0.1, -0.05) is 24.0 Å². The summed E-state index contributed by atoms with van der Waals surface area (Å²) in [5, 5.41) is 3.43. The van der Waals surface area contributed by atoms with Crippen molar-refractivity contribution in [1.29, 1.82) is 0 Å². The van der Waals surface area contributed by atoms with Crippen LogP contribution < -0.4 is 5.32 Å². The molecule has 0 unspecified atom stereocenters. The van der Waals surface area contributed by atoms with Gasteiger partial charge in [-0.15, -0.1) is 0 Å². The first-order valence-electron chi connectivity index (χ1n) is 4.67. The molecule has 0 fully saturated rings. The Balaban J connectivity index is 2.42. The van der Waals surface area contributed by atoms with Crippen molar-refractivity contribution in [3.05, 3.63) is 35.1 Å². The van der Waals surface area contributed by atoms with Gasteiger partial charge < -0.3 is 5.32 Å². The molecule has 1 aliphatic carbocycles. The van der Waals surface area contributed by atoms with E-state index in [9.17, 15) is 0 Å². The van der Waals surface area contributed by atoms with Crippen molar-refractivity contribution in [3.63, 3.8) is 0 Å². The summed E-state index contributed by atoms with van der Waals surface area (Å²) in [6, 6.07) is 0. The monoisotopic (exact) mass is 171 g/mol. The summed E-state index contributed by atoms with van der Waals surface area (Å²) >= 11 is 0. The summed E-state index contributed by atoms with van der Waals surface area (Å²) in [6.07, 6.45) is 8.38. The maximum Gasteiger partial charge on any atom is 0.0498 e. The molecule has 0 aromatic carbocycles. The van der Waals surface area contributed by atoms with Gasteiger partial charge in [-0.2, -0.15) is 0 Å². The third-order valence-electron chi connectivity index (χ3n) is 2.34. The summed E-state index contributed by atoms with van der Waals surface area (Å²) < 4.78 is 0. The zero-order valence-corrected chi connectivity index (χ0v) is 7.85. The largest absolute Gasteiger partial charge is 0.387 e. The van der Waals surface area contributed by atoms with E-state index >= 15 is 0 Å². The number of nitrogens with one attached hydrogen (secondary N) is 1. The molecule has 1 aliphatic heterocycles. The highest BCUT2D eigenvalue weighted by atomic mass is 14.9. The van der Waals surface area contributed by atoms with E-state index < -0.39 is 0 Å². The van der Waals surface area contributed by atoms with Crippen LogP contribution in [0.2, 0.25) is 0 Å². The standard InChI is InChI=1S/C12H13N/c1-10-6-2-3-8-12-11(10)7-4-5-9-13-12/h4,6-7,13H,5,8-9H2,1H3. The summed E-state index contributed by atoms with van der Waals surface area (Å²) in [5.74, 6) is 6.17. The highest BCUT2D eigenvalue weighted by molar-refractivity contribution is 5.48. The van der Waals surface area contributed by atoms with Gasteiger partial charge in [0.2, 0.25) is 0 Å². The molecule has 1 N–H and O–H groups in total. The highest BCUT2D eigenvalue weighted by Gasteiger charge is 2.08. The molecule has 1 heterocycles. The van der Waals surface area contributed by atoms with Crippen molar-refractivity contribution in [1.82, 2.24) is 5.32 Å². The van der Waals surface area contributed by atoms with E-state index in [2.05, 4.69) is 36.2 Å². The van der Waals surface area contributed by atoms with E-state index in [0.717, 1.165) is 19.4 Å². The molecule has 0 atom stereocenters. The fourth-order valence-electron chi connectivity index (χ4n) is 1.61. The van der Waals surface area contributed by atoms with Gasteiger partial charge in [0.1, 0.15) is 0 Å². The van der Waals surface area contributed by atoms with Crippen molar-refractivity contribution in [3.8, 4) is 11.8 Å². The second-order valence-electron chi connectivity index (χ2n) is 3.34. The van der Waals surface area contributed by atoms with Crippen LogP contribution >= 0.6 is 0 Å². The third-order valence-corrected chi connectivity index (χ3v) is 2.34. The van der Waals surface area contributed by atoms with Crippen LogP contribution in [0.5, 0.6) is 0 Å². The molecule has 1 nitrogen and oxygen atoms in total. The van der Waals surface area contributed by atoms with Gasteiger partial charge in [0.25, 0.3) is 0 Å². The third kappa shape index (κ3) is 1.67. The minimum Gasteiger partial charge on any atom is -0.387 e. The van der Waals surface area contributed by atoms with Crippen LogP contribution in [0.1, 0.15) is 19.8 Å². The van der Waals surface area contributed by atoms with E-state index in [4.69, 9.17) is 0 Å². The zero-order chi connectivity index (χ0) is 9.10. The second kappa shape index (κ2) is 3.53. The van der Waals surface area contributed by atoms with Crippen LogP contribution in [-0.4, -0.2) is 6.54 Å². The van der Waals surface area contributed by atoms with Crippen molar-refractivity contribution in [2.24, 2.45) is 0 Å². The lowest BCUT2D eigenvalue weighted by Gasteiger charge is -2.09. The summed E-state index contributed by atoms with van der Waals surface area (Å²) in [7, 11) is 0. The lowest BCUT2D eigenvalue weighted by Crippen LogP contribution is -2.14. The predicted octanol–water partition coefficient (Wildman–Crippen LogP) is 2.14. The summed E-state index contributed by atoms with van der Waals surface area (Å²) in [6.45, 7) is 3.15. The molecule has 0 saturated heterocycles. The van der Waals surface area contributed by atoms with Gasteiger partial charge in [0.15, 0.2) is 0 Å². The number of rotatable bonds is 0. The molecule has 0 aromatic heterocycles. The molecule has 1 heteroatoms. The van der Waals surface area contributed by atoms with Crippen molar-refractivity contribution < 1.29 is 0 Å². The highest BCUT2D eigenvalue weighted by Crippen LogP contribution is 2.20. The summed E-state index contributed by atoms with van der Waals surface area (Å²) in [5.41, 5.74) is 3.87. The summed E-state index contributed by atoms with van der Waals surface area (Å²) in [4.78, 5) is 0. The maximum atomic E-state index is 3.43. The van der Waals surface area contributed by atoms with E-state index in [-0.39, 0.29) is 0 Å². The predicted molar refractivity (Wildman–Crippen MR) is 54.9 cm³/mol. The van der Waals surface area contributed by atoms with Gasteiger partial charge in [-0.05, 0) is 30.6 Å².